The van der Waals surface area contributed by atoms with Crippen molar-refractivity contribution in [1.29, 1.82) is 5.26 Å². The Morgan fingerprint density at radius 2 is 2.00 bits per heavy atom. The van der Waals surface area contributed by atoms with Crippen molar-refractivity contribution < 1.29 is 4.48 Å². The Balaban J connectivity index is 5.98. The van der Waals surface area contributed by atoms with Gasteiger partial charge < -0.3 is 4.90 Å². The Labute approximate surface area is 122 Å². The van der Waals surface area contributed by atoms with Crippen LogP contribution in [-0.2, 0) is 0 Å². The molecule has 0 saturated heterocycles. The standard InChI is InChI=1S/C16H26FN3/c1-7-12(4)15(19-17)14(9-3)16(20(5)6)13(8-2)10-11-18/h8,15,19H,4,7,9-10H2,1-3,5-6H3/b13-8-,16-14+. The molecule has 0 aromatic carbocycles. The number of halogens is 1. The maximum Gasteiger partial charge on any atom is 0.0811 e. The summed E-state index contributed by atoms with van der Waals surface area (Å²) in [5, 5.41) is 8.96. The molecule has 112 valence electrons. The molecule has 0 aromatic rings. The van der Waals surface area contributed by atoms with Crippen LogP contribution in [-0.4, -0.2) is 25.0 Å². The maximum atomic E-state index is 13.3. The quantitative estimate of drug-likeness (QED) is 0.416. The number of likely N-dealkylation sites (N-methyl/N-ethyl adjacent to an activating group) is 1. The first-order valence-electron chi connectivity index (χ1n) is 6.94. The molecule has 4 heteroatoms. The highest BCUT2D eigenvalue weighted by atomic mass is 19.2. The van der Waals surface area contributed by atoms with Crippen LogP contribution in [0.25, 0.3) is 0 Å². The van der Waals surface area contributed by atoms with Crippen molar-refractivity contribution in [3.8, 4) is 6.07 Å². The molecule has 0 spiro atoms. The average Bonchev–Trinajstić information content (AvgIpc) is 2.44. The molecule has 0 aliphatic carbocycles. The third kappa shape index (κ3) is 4.50. The number of hydrogen-bond donors (Lipinski definition) is 1. The molecule has 0 radical (unpaired) electrons. The summed E-state index contributed by atoms with van der Waals surface area (Å²) in [6.45, 7) is 9.80. The number of allylic oxidation sites excluding steroid dienone is 2. The van der Waals surface area contributed by atoms with Crippen LogP contribution in [0.5, 0.6) is 0 Å². The third-order valence-corrected chi connectivity index (χ3v) is 3.37. The molecule has 20 heavy (non-hydrogen) atoms. The molecule has 1 atom stereocenters. The molecule has 3 nitrogen and oxygen atoms in total. The summed E-state index contributed by atoms with van der Waals surface area (Å²) in [6, 6.07) is 1.66. The Morgan fingerprint density at radius 3 is 2.30 bits per heavy atom. The van der Waals surface area contributed by atoms with Gasteiger partial charge in [-0.2, -0.15) is 5.26 Å². The topological polar surface area (TPSA) is 39.1 Å². The van der Waals surface area contributed by atoms with Gasteiger partial charge >= 0.3 is 0 Å². The van der Waals surface area contributed by atoms with E-state index in [1.54, 1.807) is 0 Å². The Hall–Kier alpha value is -1.60. The number of hydrogen-bond acceptors (Lipinski definition) is 3. The maximum absolute atomic E-state index is 13.3. The summed E-state index contributed by atoms with van der Waals surface area (Å²) in [6.07, 6.45) is 3.62. The first-order chi connectivity index (χ1) is 9.48. The minimum Gasteiger partial charge on any atom is -0.377 e. The molecule has 0 bridgehead atoms. The first kappa shape index (κ1) is 18.4. The second kappa shape index (κ2) is 9.33. The predicted octanol–water partition coefficient (Wildman–Crippen LogP) is 3.88. The number of rotatable bonds is 8. The summed E-state index contributed by atoms with van der Waals surface area (Å²) in [5.74, 6) is 0. The van der Waals surface area contributed by atoms with Crippen molar-refractivity contribution >= 4 is 0 Å². The Kier molecular flexibility index (Phi) is 8.58. The molecule has 0 saturated carbocycles. The SMILES string of the molecule is C=C(CC)C(NF)/C(CC)=C(\C(=C/C)CC#N)N(C)C. The third-order valence-electron chi connectivity index (χ3n) is 3.37. The van der Waals surface area contributed by atoms with Crippen LogP contribution in [0.1, 0.15) is 40.0 Å². The van der Waals surface area contributed by atoms with Gasteiger partial charge in [0.1, 0.15) is 0 Å². The van der Waals surface area contributed by atoms with E-state index in [2.05, 4.69) is 12.6 Å². The normalized spacial score (nSPS) is 14.3. The highest BCUT2D eigenvalue weighted by molar-refractivity contribution is 5.40. The van der Waals surface area contributed by atoms with Gasteiger partial charge in [-0.25, -0.2) is 0 Å². The van der Waals surface area contributed by atoms with E-state index in [1.807, 2.05) is 51.4 Å². The van der Waals surface area contributed by atoms with Crippen LogP contribution < -0.4 is 5.54 Å². The van der Waals surface area contributed by atoms with E-state index in [0.29, 0.717) is 19.3 Å². The van der Waals surface area contributed by atoms with Gasteiger partial charge in [0, 0.05) is 19.8 Å². The molecule has 0 heterocycles. The molecule has 1 N–H and O–H groups in total. The van der Waals surface area contributed by atoms with Crippen molar-refractivity contribution in [2.75, 3.05) is 14.1 Å². The molecule has 0 amide bonds. The summed E-state index contributed by atoms with van der Waals surface area (Å²) in [4.78, 5) is 1.94. The van der Waals surface area contributed by atoms with Crippen molar-refractivity contribution in [3.05, 3.63) is 35.1 Å². The van der Waals surface area contributed by atoms with Crippen molar-refractivity contribution in [2.45, 2.75) is 46.1 Å². The fourth-order valence-corrected chi connectivity index (χ4v) is 2.29. The highest BCUT2D eigenvalue weighted by Crippen LogP contribution is 2.27. The van der Waals surface area contributed by atoms with Gasteiger partial charge in [0.15, 0.2) is 0 Å². The van der Waals surface area contributed by atoms with Crippen molar-refractivity contribution in [1.82, 2.24) is 10.4 Å². The van der Waals surface area contributed by atoms with Crippen molar-refractivity contribution in [2.24, 2.45) is 0 Å². The molecule has 0 aliphatic heterocycles. The minimum atomic E-state index is -0.504. The lowest BCUT2D eigenvalue weighted by Gasteiger charge is -2.28. The lowest BCUT2D eigenvalue weighted by atomic mass is 9.91. The van der Waals surface area contributed by atoms with Crippen LogP contribution in [0.2, 0.25) is 0 Å². The fraction of sp³-hybridized carbons (Fsp3) is 0.562. The molecular formula is C16H26FN3. The first-order valence-corrected chi connectivity index (χ1v) is 6.94. The summed E-state index contributed by atoms with van der Waals surface area (Å²) >= 11 is 0. The zero-order chi connectivity index (χ0) is 15.7. The second-order valence-electron chi connectivity index (χ2n) is 4.82. The summed E-state index contributed by atoms with van der Waals surface area (Å²) < 4.78 is 13.3. The van der Waals surface area contributed by atoms with Crippen LogP contribution in [0.4, 0.5) is 4.48 Å². The highest BCUT2D eigenvalue weighted by Gasteiger charge is 2.22. The van der Waals surface area contributed by atoms with E-state index in [0.717, 1.165) is 22.4 Å². The van der Waals surface area contributed by atoms with Gasteiger partial charge in [0.25, 0.3) is 0 Å². The number of nitriles is 1. The van der Waals surface area contributed by atoms with Gasteiger partial charge in [-0.15, -0.1) is 10.0 Å². The zero-order valence-corrected chi connectivity index (χ0v) is 13.3. The lowest BCUT2D eigenvalue weighted by molar-refractivity contribution is 0.303. The van der Waals surface area contributed by atoms with Gasteiger partial charge in [-0.05, 0) is 30.9 Å². The van der Waals surface area contributed by atoms with Gasteiger partial charge in [-0.1, -0.05) is 32.1 Å². The van der Waals surface area contributed by atoms with Gasteiger partial charge in [0.05, 0.1) is 18.5 Å². The molecular weight excluding hydrogens is 253 g/mol. The molecule has 0 aromatic heterocycles. The zero-order valence-electron chi connectivity index (χ0n) is 13.3. The van der Waals surface area contributed by atoms with Crippen LogP contribution >= 0.6 is 0 Å². The van der Waals surface area contributed by atoms with E-state index >= 15 is 0 Å². The molecule has 1 unspecified atom stereocenters. The summed E-state index contributed by atoms with van der Waals surface area (Å²) in [7, 11) is 3.83. The minimum absolute atomic E-state index is 0.311. The Morgan fingerprint density at radius 1 is 1.40 bits per heavy atom. The largest absolute Gasteiger partial charge is 0.377 e. The van der Waals surface area contributed by atoms with E-state index < -0.39 is 6.04 Å². The molecule has 0 fully saturated rings. The second-order valence-corrected chi connectivity index (χ2v) is 4.82. The van der Waals surface area contributed by atoms with Gasteiger partial charge in [0.2, 0.25) is 0 Å². The summed E-state index contributed by atoms with van der Waals surface area (Å²) in [5.41, 5.74) is 5.42. The van der Waals surface area contributed by atoms with E-state index in [-0.39, 0.29) is 0 Å². The monoisotopic (exact) mass is 279 g/mol. The smallest absolute Gasteiger partial charge is 0.0811 e. The van der Waals surface area contributed by atoms with Gasteiger partial charge in [-0.3, -0.25) is 0 Å². The van der Waals surface area contributed by atoms with Crippen LogP contribution in [0.15, 0.2) is 35.1 Å². The lowest BCUT2D eigenvalue weighted by Crippen LogP contribution is -2.30. The molecule has 0 rings (SSSR count). The van der Waals surface area contributed by atoms with E-state index in [4.69, 9.17) is 5.26 Å². The number of nitrogens with one attached hydrogen (secondary N) is 1. The Bertz CT molecular complexity index is 427. The fourth-order valence-electron chi connectivity index (χ4n) is 2.29. The van der Waals surface area contributed by atoms with Crippen LogP contribution in [0.3, 0.4) is 0 Å². The molecule has 0 aliphatic rings. The van der Waals surface area contributed by atoms with E-state index in [1.165, 1.54) is 0 Å². The average molecular weight is 279 g/mol. The number of nitrogens with zero attached hydrogens (tertiary/aromatic N) is 2. The predicted molar refractivity (Wildman–Crippen MR) is 82.5 cm³/mol. The van der Waals surface area contributed by atoms with E-state index in [9.17, 15) is 4.48 Å². The van der Waals surface area contributed by atoms with Crippen LogP contribution in [0, 0.1) is 11.3 Å². The van der Waals surface area contributed by atoms with Crippen molar-refractivity contribution in [3.63, 3.8) is 0 Å².